The maximum Gasteiger partial charge on any atom is 0.0399 e. The quantitative estimate of drug-likeness (QED) is 0.593. The van der Waals surface area contributed by atoms with Gasteiger partial charge in [0.1, 0.15) is 0 Å². The van der Waals surface area contributed by atoms with Gasteiger partial charge in [0.15, 0.2) is 0 Å². The molecule has 0 aromatic heterocycles. The summed E-state index contributed by atoms with van der Waals surface area (Å²) >= 11 is 0. The predicted octanol–water partition coefficient (Wildman–Crippen LogP) is 6.77. The van der Waals surface area contributed by atoms with E-state index in [1.807, 2.05) is 0 Å². The van der Waals surface area contributed by atoms with Gasteiger partial charge in [0.25, 0.3) is 0 Å². The summed E-state index contributed by atoms with van der Waals surface area (Å²) in [7, 11) is 0. The third kappa shape index (κ3) is 5.28. The number of anilines is 2. The SMILES string of the molecule is c1ccc(Cc2ccc(NC3CCCCC3)cc2NC2CCCCC2)cc1. The van der Waals surface area contributed by atoms with Crippen LogP contribution >= 0.6 is 0 Å². The van der Waals surface area contributed by atoms with E-state index in [9.17, 15) is 0 Å². The van der Waals surface area contributed by atoms with Crippen molar-refractivity contribution in [1.82, 2.24) is 0 Å². The van der Waals surface area contributed by atoms with Gasteiger partial charge in [0.05, 0.1) is 0 Å². The topological polar surface area (TPSA) is 24.1 Å². The zero-order valence-corrected chi connectivity index (χ0v) is 16.6. The Morgan fingerprint density at radius 1 is 0.667 bits per heavy atom. The minimum absolute atomic E-state index is 0.637. The molecule has 2 nitrogen and oxygen atoms in total. The summed E-state index contributed by atoms with van der Waals surface area (Å²) < 4.78 is 0. The van der Waals surface area contributed by atoms with E-state index in [1.165, 1.54) is 86.7 Å². The van der Waals surface area contributed by atoms with Crippen molar-refractivity contribution in [1.29, 1.82) is 0 Å². The molecule has 2 heteroatoms. The summed E-state index contributed by atoms with van der Waals surface area (Å²) in [5.74, 6) is 0. The average Bonchev–Trinajstić information content (AvgIpc) is 2.72. The van der Waals surface area contributed by atoms with Crippen molar-refractivity contribution in [3.8, 4) is 0 Å². The highest BCUT2D eigenvalue weighted by molar-refractivity contribution is 5.63. The fraction of sp³-hybridized carbons (Fsp3) is 0.520. The summed E-state index contributed by atoms with van der Waals surface area (Å²) in [5, 5.41) is 7.72. The van der Waals surface area contributed by atoms with E-state index >= 15 is 0 Å². The Hall–Kier alpha value is -1.96. The molecule has 0 unspecified atom stereocenters. The van der Waals surface area contributed by atoms with Crippen LogP contribution in [-0.4, -0.2) is 12.1 Å². The van der Waals surface area contributed by atoms with Gasteiger partial charge in [-0.2, -0.15) is 0 Å². The fourth-order valence-electron chi connectivity index (χ4n) is 4.72. The summed E-state index contributed by atoms with van der Waals surface area (Å²) in [4.78, 5) is 0. The molecule has 2 fully saturated rings. The van der Waals surface area contributed by atoms with Crippen LogP contribution in [0.25, 0.3) is 0 Å². The molecular formula is C25H34N2. The largest absolute Gasteiger partial charge is 0.382 e. The van der Waals surface area contributed by atoms with Crippen molar-refractivity contribution in [2.24, 2.45) is 0 Å². The number of benzene rings is 2. The van der Waals surface area contributed by atoms with E-state index in [-0.39, 0.29) is 0 Å². The molecule has 2 aliphatic rings. The molecule has 2 N–H and O–H groups in total. The van der Waals surface area contributed by atoms with Crippen molar-refractivity contribution in [2.75, 3.05) is 10.6 Å². The van der Waals surface area contributed by atoms with E-state index in [2.05, 4.69) is 59.2 Å². The Labute approximate surface area is 164 Å². The van der Waals surface area contributed by atoms with Gasteiger partial charge >= 0.3 is 0 Å². The summed E-state index contributed by atoms with van der Waals surface area (Å²) in [6.45, 7) is 0. The first-order chi connectivity index (χ1) is 13.4. The maximum absolute atomic E-state index is 3.91. The Kier molecular flexibility index (Phi) is 6.34. The first-order valence-corrected chi connectivity index (χ1v) is 11.1. The minimum atomic E-state index is 0.637. The highest BCUT2D eigenvalue weighted by atomic mass is 14.9. The van der Waals surface area contributed by atoms with Crippen LogP contribution in [0.2, 0.25) is 0 Å². The van der Waals surface area contributed by atoms with Crippen LogP contribution in [0.3, 0.4) is 0 Å². The second kappa shape index (κ2) is 9.30. The molecule has 2 aliphatic carbocycles. The van der Waals surface area contributed by atoms with Crippen LogP contribution in [0, 0.1) is 0 Å². The van der Waals surface area contributed by atoms with Crippen molar-refractivity contribution < 1.29 is 0 Å². The number of hydrogen-bond acceptors (Lipinski definition) is 2. The third-order valence-electron chi connectivity index (χ3n) is 6.29. The fourth-order valence-corrected chi connectivity index (χ4v) is 4.72. The monoisotopic (exact) mass is 362 g/mol. The summed E-state index contributed by atoms with van der Waals surface area (Å²) in [6, 6.07) is 19.1. The van der Waals surface area contributed by atoms with Gasteiger partial charge in [-0.15, -0.1) is 0 Å². The standard InChI is InChI=1S/C25H34N2/c1-4-10-20(11-5-1)18-21-16-17-24(26-22-12-6-2-7-13-22)19-25(21)27-23-14-8-3-9-15-23/h1,4-5,10-11,16-17,19,22-23,26-27H,2-3,6-9,12-15,18H2. The normalized spacial score (nSPS) is 19.0. The molecule has 0 radical (unpaired) electrons. The smallest absolute Gasteiger partial charge is 0.0399 e. The molecule has 0 saturated heterocycles. The molecule has 0 atom stereocenters. The minimum Gasteiger partial charge on any atom is -0.382 e. The molecule has 0 bridgehead atoms. The number of rotatable bonds is 6. The van der Waals surface area contributed by atoms with E-state index in [1.54, 1.807) is 0 Å². The van der Waals surface area contributed by atoms with Crippen LogP contribution in [0.15, 0.2) is 48.5 Å². The van der Waals surface area contributed by atoms with Gasteiger partial charge in [0.2, 0.25) is 0 Å². The predicted molar refractivity (Wildman–Crippen MR) is 117 cm³/mol. The first kappa shape index (κ1) is 18.4. The van der Waals surface area contributed by atoms with Crippen LogP contribution in [0.5, 0.6) is 0 Å². The van der Waals surface area contributed by atoms with Gasteiger partial charge < -0.3 is 10.6 Å². The van der Waals surface area contributed by atoms with Crippen molar-refractivity contribution >= 4 is 11.4 Å². The van der Waals surface area contributed by atoms with Crippen LogP contribution < -0.4 is 10.6 Å². The molecule has 0 spiro atoms. The van der Waals surface area contributed by atoms with E-state index in [0.29, 0.717) is 12.1 Å². The maximum atomic E-state index is 3.91. The molecule has 4 rings (SSSR count). The van der Waals surface area contributed by atoms with E-state index < -0.39 is 0 Å². The Bertz CT molecular complexity index is 698. The van der Waals surface area contributed by atoms with Gasteiger partial charge in [-0.05, 0) is 55.4 Å². The molecule has 2 aromatic carbocycles. The van der Waals surface area contributed by atoms with Crippen molar-refractivity contribution in [3.05, 3.63) is 59.7 Å². The van der Waals surface area contributed by atoms with Gasteiger partial charge in [-0.1, -0.05) is 74.9 Å². The molecular weight excluding hydrogens is 328 g/mol. The van der Waals surface area contributed by atoms with Crippen molar-refractivity contribution in [2.45, 2.75) is 82.7 Å². The Morgan fingerprint density at radius 3 is 1.96 bits per heavy atom. The van der Waals surface area contributed by atoms with Gasteiger partial charge in [-0.25, -0.2) is 0 Å². The second-order valence-electron chi connectivity index (χ2n) is 8.49. The van der Waals surface area contributed by atoms with Gasteiger partial charge in [0, 0.05) is 23.5 Å². The van der Waals surface area contributed by atoms with Gasteiger partial charge in [-0.3, -0.25) is 0 Å². The Balaban J connectivity index is 1.52. The lowest BCUT2D eigenvalue weighted by atomic mass is 9.94. The van der Waals surface area contributed by atoms with Crippen LogP contribution in [0.1, 0.15) is 75.3 Å². The molecule has 0 heterocycles. The Morgan fingerprint density at radius 2 is 1.30 bits per heavy atom. The average molecular weight is 363 g/mol. The lowest BCUT2D eigenvalue weighted by Gasteiger charge is -2.27. The van der Waals surface area contributed by atoms with Crippen LogP contribution in [-0.2, 0) is 6.42 Å². The summed E-state index contributed by atoms with van der Waals surface area (Å²) in [5.41, 5.74) is 5.43. The van der Waals surface area contributed by atoms with Crippen molar-refractivity contribution in [3.63, 3.8) is 0 Å². The molecule has 0 amide bonds. The molecule has 0 aliphatic heterocycles. The lowest BCUT2D eigenvalue weighted by Crippen LogP contribution is -2.24. The number of hydrogen-bond donors (Lipinski definition) is 2. The molecule has 27 heavy (non-hydrogen) atoms. The molecule has 2 aromatic rings. The highest BCUT2D eigenvalue weighted by Crippen LogP contribution is 2.29. The highest BCUT2D eigenvalue weighted by Gasteiger charge is 2.17. The number of nitrogens with one attached hydrogen (secondary N) is 2. The molecule has 2 saturated carbocycles. The van der Waals surface area contributed by atoms with Crippen LogP contribution in [0.4, 0.5) is 11.4 Å². The third-order valence-corrected chi connectivity index (χ3v) is 6.29. The van der Waals surface area contributed by atoms with E-state index in [0.717, 1.165) is 6.42 Å². The zero-order valence-electron chi connectivity index (χ0n) is 16.6. The first-order valence-electron chi connectivity index (χ1n) is 11.1. The summed E-state index contributed by atoms with van der Waals surface area (Å²) in [6.07, 6.45) is 14.5. The zero-order chi connectivity index (χ0) is 18.3. The lowest BCUT2D eigenvalue weighted by molar-refractivity contribution is 0.461. The van der Waals surface area contributed by atoms with E-state index in [4.69, 9.17) is 0 Å². The second-order valence-corrected chi connectivity index (χ2v) is 8.49. The molecule has 144 valence electrons.